The highest BCUT2D eigenvalue weighted by Gasteiger charge is 2.22. The molecule has 1 rings (SSSR count). The van der Waals surface area contributed by atoms with Crippen LogP contribution in [0.4, 0.5) is 0 Å². The molecule has 1 heterocycles. The molecule has 0 aromatic heterocycles. The first-order valence-corrected chi connectivity index (χ1v) is 5.60. The van der Waals surface area contributed by atoms with Crippen molar-refractivity contribution in [1.29, 1.82) is 5.26 Å². The minimum atomic E-state index is 0.403. The van der Waals surface area contributed by atoms with Gasteiger partial charge in [-0.1, -0.05) is 0 Å². The summed E-state index contributed by atoms with van der Waals surface area (Å²) in [5, 5.41) is 8.41. The Hall–Kier alpha value is -0.590. The molecule has 3 nitrogen and oxygen atoms in total. The first kappa shape index (κ1) is 11.5. The Bertz CT molecular complexity index is 197. The Morgan fingerprint density at radius 2 is 2.29 bits per heavy atom. The van der Waals surface area contributed by atoms with Crippen LogP contribution >= 0.6 is 0 Å². The molecule has 0 aliphatic carbocycles. The van der Waals surface area contributed by atoms with Crippen LogP contribution in [0.25, 0.3) is 0 Å². The molecule has 0 amide bonds. The second-order valence-corrected chi connectivity index (χ2v) is 4.28. The molecule has 0 spiro atoms. The Morgan fingerprint density at radius 3 is 2.93 bits per heavy atom. The Kier molecular flexibility index (Phi) is 4.92. The Labute approximate surface area is 86.9 Å². The predicted molar refractivity (Wildman–Crippen MR) is 57.7 cm³/mol. The quantitative estimate of drug-likeness (QED) is 0.691. The van der Waals surface area contributed by atoms with Crippen LogP contribution in [-0.4, -0.2) is 30.1 Å². The smallest absolute Gasteiger partial charge is 0.0621 e. The molecule has 80 valence electrons. The lowest BCUT2D eigenvalue weighted by molar-refractivity contribution is 0.145. The monoisotopic (exact) mass is 195 g/mol. The van der Waals surface area contributed by atoms with E-state index >= 15 is 0 Å². The topological polar surface area (TPSA) is 53.0 Å². The standard InChI is InChI=1S/C11H21N3/c1-10-9-11(13)5-8-14(10)7-4-2-3-6-12/h10-11H,2-5,7-9,13H2,1H3. The van der Waals surface area contributed by atoms with Crippen LogP contribution in [0.1, 0.15) is 39.0 Å². The molecule has 14 heavy (non-hydrogen) atoms. The third kappa shape index (κ3) is 3.65. The molecular weight excluding hydrogens is 174 g/mol. The van der Waals surface area contributed by atoms with E-state index in [1.807, 2.05) is 0 Å². The molecular formula is C11H21N3. The molecule has 0 saturated carbocycles. The van der Waals surface area contributed by atoms with Crippen LogP contribution < -0.4 is 5.73 Å². The largest absolute Gasteiger partial charge is 0.328 e. The predicted octanol–water partition coefficient (Wildman–Crippen LogP) is 1.49. The minimum Gasteiger partial charge on any atom is -0.328 e. The van der Waals surface area contributed by atoms with E-state index in [0.717, 1.165) is 38.8 Å². The number of hydrogen-bond acceptors (Lipinski definition) is 3. The molecule has 1 fully saturated rings. The van der Waals surface area contributed by atoms with Gasteiger partial charge in [-0.2, -0.15) is 5.26 Å². The summed E-state index contributed by atoms with van der Waals surface area (Å²) in [5.41, 5.74) is 5.89. The number of rotatable bonds is 4. The molecule has 1 saturated heterocycles. The molecule has 0 aromatic rings. The highest BCUT2D eigenvalue weighted by molar-refractivity contribution is 4.80. The van der Waals surface area contributed by atoms with Crippen LogP contribution in [0.15, 0.2) is 0 Å². The number of nitriles is 1. The van der Waals surface area contributed by atoms with E-state index in [9.17, 15) is 0 Å². The maximum absolute atomic E-state index is 8.41. The maximum atomic E-state index is 8.41. The summed E-state index contributed by atoms with van der Waals surface area (Å²) in [7, 11) is 0. The summed E-state index contributed by atoms with van der Waals surface area (Å²) in [5.74, 6) is 0. The number of unbranched alkanes of at least 4 members (excludes halogenated alkanes) is 2. The van der Waals surface area contributed by atoms with E-state index < -0.39 is 0 Å². The zero-order valence-corrected chi connectivity index (χ0v) is 9.08. The Morgan fingerprint density at radius 1 is 1.50 bits per heavy atom. The van der Waals surface area contributed by atoms with E-state index in [1.54, 1.807) is 0 Å². The van der Waals surface area contributed by atoms with Gasteiger partial charge in [0.15, 0.2) is 0 Å². The van der Waals surface area contributed by atoms with Crippen molar-refractivity contribution in [2.75, 3.05) is 13.1 Å². The Balaban J connectivity index is 2.15. The number of nitrogens with zero attached hydrogens (tertiary/aromatic N) is 2. The van der Waals surface area contributed by atoms with Crippen molar-refractivity contribution in [1.82, 2.24) is 4.90 Å². The number of piperidine rings is 1. The van der Waals surface area contributed by atoms with E-state index in [1.165, 1.54) is 0 Å². The molecule has 2 N–H and O–H groups in total. The van der Waals surface area contributed by atoms with Gasteiger partial charge in [0.2, 0.25) is 0 Å². The van der Waals surface area contributed by atoms with Gasteiger partial charge < -0.3 is 10.6 Å². The van der Waals surface area contributed by atoms with Gasteiger partial charge >= 0.3 is 0 Å². The number of hydrogen-bond donors (Lipinski definition) is 1. The maximum Gasteiger partial charge on any atom is 0.0621 e. The van der Waals surface area contributed by atoms with Gasteiger partial charge in [-0.15, -0.1) is 0 Å². The molecule has 1 aliphatic rings. The van der Waals surface area contributed by atoms with Gasteiger partial charge in [-0.3, -0.25) is 0 Å². The third-order valence-electron chi connectivity index (χ3n) is 3.04. The fourth-order valence-corrected chi connectivity index (χ4v) is 2.11. The van der Waals surface area contributed by atoms with Gasteiger partial charge in [0.25, 0.3) is 0 Å². The van der Waals surface area contributed by atoms with Gasteiger partial charge in [-0.05, 0) is 45.7 Å². The van der Waals surface area contributed by atoms with Crippen LogP contribution in [0, 0.1) is 11.3 Å². The lowest BCUT2D eigenvalue weighted by Crippen LogP contribution is -2.45. The zero-order valence-electron chi connectivity index (χ0n) is 9.08. The van der Waals surface area contributed by atoms with Crippen molar-refractivity contribution in [3.8, 4) is 6.07 Å². The minimum absolute atomic E-state index is 0.403. The number of nitrogens with two attached hydrogens (primary N) is 1. The average Bonchev–Trinajstić information content (AvgIpc) is 2.15. The molecule has 3 heteroatoms. The zero-order chi connectivity index (χ0) is 10.4. The second-order valence-electron chi connectivity index (χ2n) is 4.28. The van der Waals surface area contributed by atoms with Crippen LogP contribution in [0.3, 0.4) is 0 Å². The summed E-state index contributed by atoms with van der Waals surface area (Å²) in [6.45, 7) is 4.52. The summed E-state index contributed by atoms with van der Waals surface area (Å²) in [6, 6.07) is 3.21. The van der Waals surface area contributed by atoms with Crippen LogP contribution in [0.2, 0.25) is 0 Å². The van der Waals surface area contributed by atoms with Gasteiger partial charge in [0.05, 0.1) is 6.07 Å². The SMILES string of the molecule is CC1CC(N)CCN1CCCCC#N. The van der Waals surface area contributed by atoms with Crippen molar-refractivity contribution in [2.45, 2.75) is 51.1 Å². The van der Waals surface area contributed by atoms with Gasteiger partial charge in [0, 0.05) is 18.5 Å². The van der Waals surface area contributed by atoms with Crippen molar-refractivity contribution in [2.24, 2.45) is 5.73 Å². The molecule has 2 atom stereocenters. The molecule has 0 bridgehead atoms. The summed E-state index contributed by atoms with van der Waals surface area (Å²) in [6.07, 6.45) is 5.13. The third-order valence-corrected chi connectivity index (χ3v) is 3.04. The molecule has 2 unspecified atom stereocenters. The highest BCUT2D eigenvalue weighted by Crippen LogP contribution is 2.16. The summed E-state index contributed by atoms with van der Waals surface area (Å²) < 4.78 is 0. The summed E-state index contributed by atoms with van der Waals surface area (Å²) in [4.78, 5) is 2.50. The van der Waals surface area contributed by atoms with Crippen molar-refractivity contribution >= 4 is 0 Å². The van der Waals surface area contributed by atoms with E-state index in [-0.39, 0.29) is 0 Å². The van der Waals surface area contributed by atoms with Crippen LogP contribution in [-0.2, 0) is 0 Å². The number of likely N-dealkylation sites (tertiary alicyclic amines) is 1. The first-order valence-electron chi connectivity index (χ1n) is 5.60. The van der Waals surface area contributed by atoms with Crippen molar-refractivity contribution in [3.05, 3.63) is 0 Å². The summed E-state index contributed by atoms with van der Waals surface area (Å²) >= 11 is 0. The van der Waals surface area contributed by atoms with Gasteiger partial charge in [0.1, 0.15) is 0 Å². The van der Waals surface area contributed by atoms with Crippen molar-refractivity contribution in [3.63, 3.8) is 0 Å². The van der Waals surface area contributed by atoms with E-state index in [0.29, 0.717) is 18.5 Å². The second kappa shape index (κ2) is 6.00. The average molecular weight is 195 g/mol. The van der Waals surface area contributed by atoms with E-state index in [2.05, 4.69) is 17.9 Å². The van der Waals surface area contributed by atoms with Crippen LogP contribution in [0.5, 0.6) is 0 Å². The highest BCUT2D eigenvalue weighted by atomic mass is 15.2. The van der Waals surface area contributed by atoms with Gasteiger partial charge in [-0.25, -0.2) is 0 Å². The fourth-order valence-electron chi connectivity index (χ4n) is 2.11. The lowest BCUT2D eigenvalue weighted by Gasteiger charge is -2.36. The van der Waals surface area contributed by atoms with Crippen molar-refractivity contribution < 1.29 is 0 Å². The lowest BCUT2D eigenvalue weighted by atomic mass is 9.99. The molecule has 0 radical (unpaired) electrons. The molecule has 1 aliphatic heterocycles. The fraction of sp³-hybridized carbons (Fsp3) is 0.909. The van der Waals surface area contributed by atoms with E-state index in [4.69, 9.17) is 11.0 Å². The normalized spacial score (nSPS) is 28.6. The first-order chi connectivity index (χ1) is 6.74. The molecule has 0 aromatic carbocycles.